The predicted molar refractivity (Wildman–Crippen MR) is 159 cm³/mol. The standard InChI is InChI=1S/C30H35N5O4.CH4O/c1-4-6-22-9-10-24(17-20(22)2)25-7-5-8-26-29(25)30(23-11-14-34(15-12-23)21(3)37)33-35(26)19-28(39)32-18-27(38)31-13-16-36;1-2/h4-10,16-17,23H,11-15,18-19H2,1-3H3,(H,31,38)(H,32,39);2H,1H3/b6-4-;. The molecule has 0 spiro atoms. The number of aliphatic hydroxyl groups is 1. The number of likely N-dealkylation sites (tertiary alicyclic amines) is 1. The molecule has 10 nitrogen and oxygen atoms in total. The number of nitrogens with one attached hydrogen (secondary N) is 2. The lowest BCUT2D eigenvalue weighted by atomic mass is 9.88. The molecule has 1 aromatic heterocycles. The molecule has 1 saturated heterocycles. The molecule has 218 valence electrons. The van der Waals surface area contributed by atoms with Crippen LogP contribution in [0.25, 0.3) is 28.1 Å². The van der Waals surface area contributed by atoms with Crippen molar-refractivity contribution in [2.45, 2.75) is 46.1 Å². The molecule has 0 aliphatic carbocycles. The quantitative estimate of drug-likeness (QED) is 0.344. The second kappa shape index (κ2) is 14.9. The van der Waals surface area contributed by atoms with Crippen LogP contribution >= 0.6 is 0 Å². The van der Waals surface area contributed by atoms with Crippen molar-refractivity contribution in [3.8, 4) is 11.1 Å². The molecular formula is C31H39N5O5. The van der Waals surface area contributed by atoms with Crippen LogP contribution in [0.1, 0.15) is 49.4 Å². The van der Waals surface area contributed by atoms with Gasteiger partial charge >= 0.3 is 0 Å². The Hall–Kier alpha value is -4.31. The maximum absolute atomic E-state index is 12.8. The van der Waals surface area contributed by atoms with Crippen molar-refractivity contribution in [3.05, 3.63) is 59.3 Å². The maximum Gasteiger partial charge on any atom is 0.242 e. The largest absolute Gasteiger partial charge is 0.400 e. The zero-order chi connectivity index (χ0) is 29.9. The van der Waals surface area contributed by atoms with Crippen LogP contribution in [0.2, 0.25) is 0 Å². The number of hydrogen-bond acceptors (Lipinski definition) is 6. The minimum absolute atomic E-state index is 0.0491. The van der Waals surface area contributed by atoms with Gasteiger partial charge in [-0.05, 0) is 55.0 Å². The van der Waals surface area contributed by atoms with E-state index in [1.165, 1.54) is 5.56 Å². The molecular weight excluding hydrogens is 522 g/mol. The number of aromatic nitrogens is 2. The lowest BCUT2D eigenvalue weighted by molar-refractivity contribution is -0.130. The number of aliphatic hydroxyl groups excluding tert-OH is 1. The van der Waals surface area contributed by atoms with Crippen LogP contribution in [0.5, 0.6) is 0 Å². The fourth-order valence-electron chi connectivity index (χ4n) is 5.17. The Balaban J connectivity index is 0.00000226. The van der Waals surface area contributed by atoms with Gasteiger partial charge in [0.2, 0.25) is 17.7 Å². The van der Waals surface area contributed by atoms with Crippen molar-refractivity contribution in [2.24, 2.45) is 0 Å². The topological polar surface area (TPSA) is 134 Å². The summed E-state index contributed by atoms with van der Waals surface area (Å²) in [6.45, 7) is 6.67. The van der Waals surface area contributed by atoms with Gasteiger partial charge in [0, 0.05) is 38.4 Å². The van der Waals surface area contributed by atoms with E-state index >= 15 is 0 Å². The summed E-state index contributed by atoms with van der Waals surface area (Å²) in [5, 5.41) is 18.0. The minimum atomic E-state index is -0.433. The van der Waals surface area contributed by atoms with Crippen molar-refractivity contribution in [1.82, 2.24) is 25.3 Å². The van der Waals surface area contributed by atoms with Crippen LogP contribution in [0.4, 0.5) is 0 Å². The molecule has 2 heterocycles. The number of amides is 3. The number of aldehydes is 1. The van der Waals surface area contributed by atoms with Gasteiger partial charge in [-0.25, -0.2) is 0 Å². The Morgan fingerprint density at radius 1 is 1.07 bits per heavy atom. The summed E-state index contributed by atoms with van der Waals surface area (Å²) in [5.41, 5.74) is 6.22. The van der Waals surface area contributed by atoms with E-state index in [1.54, 1.807) is 11.6 Å². The molecule has 0 bridgehead atoms. The Morgan fingerprint density at radius 2 is 1.80 bits per heavy atom. The second-order valence-corrected chi connectivity index (χ2v) is 9.84. The number of allylic oxidation sites excluding steroid dienone is 1. The van der Waals surface area contributed by atoms with E-state index in [9.17, 15) is 19.2 Å². The van der Waals surface area contributed by atoms with Gasteiger partial charge in [0.05, 0.1) is 24.3 Å². The van der Waals surface area contributed by atoms with E-state index in [0.29, 0.717) is 19.4 Å². The first kappa shape index (κ1) is 31.2. The van der Waals surface area contributed by atoms with Gasteiger partial charge in [-0.3, -0.25) is 19.1 Å². The summed E-state index contributed by atoms with van der Waals surface area (Å²) < 4.78 is 1.70. The van der Waals surface area contributed by atoms with Gasteiger partial charge < -0.3 is 25.4 Å². The highest BCUT2D eigenvalue weighted by Gasteiger charge is 2.28. The Bertz CT molecular complexity index is 1420. The fourth-order valence-corrected chi connectivity index (χ4v) is 5.17. The summed E-state index contributed by atoms with van der Waals surface area (Å²) >= 11 is 0. The van der Waals surface area contributed by atoms with Gasteiger partial charge in [-0.2, -0.15) is 5.10 Å². The fraction of sp³-hybridized carbons (Fsp3) is 0.387. The lowest BCUT2D eigenvalue weighted by Gasteiger charge is -2.30. The van der Waals surface area contributed by atoms with Crippen molar-refractivity contribution in [3.63, 3.8) is 0 Å². The lowest BCUT2D eigenvalue weighted by Crippen LogP contribution is -2.39. The van der Waals surface area contributed by atoms with Gasteiger partial charge in [0.25, 0.3) is 0 Å². The molecule has 3 N–H and O–H groups in total. The zero-order valence-electron chi connectivity index (χ0n) is 24.1. The second-order valence-electron chi connectivity index (χ2n) is 9.84. The van der Waals surface area contributed by atoms with Crippen molar-refractivity contribution in [1.29, 1.82) is 0 Å². The number of carbonyl (C=O) groups excluding carboxylic acids is 4. The van der Waals surface area contributed by atoms with Crippen LogP contribution in [-0.4, -0.2) is 77.1 Å². The molecule has 3 amide bonds. The van der Waals surface area contributed by atoms with Crippen molar-refractivity contribution in [2.75, 3.05) is 33.3 Å². The molecule has 41 heavy (non-hydrogen) atoms. The van der Waals surface area contributed by atoms with E-state index in [0.717, 1.165) is 53.2 Å². The third-order valence-corrected chi connectivity index (χ3v) is 7.18. The SMILES string of the molecule is C/C=C\c1ccc(-c2cccc3c2c(C2CCN(C(C)=O)CC2)nn3CC(=O)NCC(=O)NCC=O)cc1C.CO. The molecule has 1 fully saturated rings. The van der Waals surface area contributed by atoms with E-state index in [-0.39, 0.29) is 37.4 Å². The predicted octanol–water partition coefficient (Wildman–Crippen LogP) is 2.81. The summed E-state index contributed by atoms with van der Waals surface area (Å²) in [7, 11) is 1.00. The first-order valence-corrected chi connectivity index (χ1v) is 13.7. The number of aryl methyl sites for hydroxylation is 1. The minimum Gasteiger partial charge on any atom is -0.400 e. The summed E-state index contributed by atoms with van der Waals surface area (Å²) in [5.74, 6) is -0.561. The third-order valence-electron chi connectivity index (χ3n) is 7.18. The van der Waals surface area contributed by atoms with E-state index in [2.05, 4.69) is 47.9 Å². The van der Waals surface area contributed by atoms with E-state index in [1.807, 2.05) is 30.0 Å². The molecule has 4 rings (SSSR count). The highest BCUT2D eigenvalue weighted by atomic mass is 16.2. The average Bonchev–Trinajstić information content (AvgIpc) is 3.35. The van der Waals surface area contributed by atoms with Crippen LogP contribution < -0.4 is 10.6 Å². The number of nitrogens with zero attached hydrogens (tertiary/aromatic N) is 3. The Morgan fingerprint density at radius 3 is 2.44 bits per heavy atom. The molecule has 10 heteroatoms. The van der Waals surface area contributed by atoms with Crippen molar-refractivity contribution < 1.29 is 24.3 Å². The first-order chi connectivity index (χ1) is 19.8. The molecule has 1 aliphatic heterocycles. The molecule has 3 aromatic rings. The average molecular weight is 562 g/mol. The number of hydrogen-bond donors (Lipinski definition) is 3. The third kappa shape index (κ3) is 7.67. The number of piperidine rings is 1. The van der Waals surface area contributed by atoms with Gasteiger partial charge in [-0.15, -0.1) is 0 Å². The molecule has 2 aromatic carbocycles. The number of benzene rings is 2. The number of rotatable bonds is 9. The monoisotopic (exact) mass is 561 g/mol. The summed E-state index contributed by atoms with van der Waals surface area (Å²) in [6, 6.07) is 12.4. The highest BCUT2D eigenvalue weighted by molar-refractivity contribution is 5.98. The summed E-state index contributed by atoms with van der Waals surface area (Å²) in [6.07, 6.45) is 6.29. The molecule has 1 aliphatic rings. The first-order valence-electron chi connectivity index (χ1n) is 13.7. The Labute approximate surface area is 240 Å². The van der Waals surface area contributed by atoms with Gasteiger partial charge in [-0.1, -0.05) is 42.5 Å². The Kier molecular flexibility index (Phi) is 11.3. The van der Waals surface area contributed by atoms with Crippen molar-refractivity contribution >= 4 is 41.0 Å². The maximum atomic E-state index is 12.8. The van der Waals surface area contributed by atoms with Crippen LogP contribution in [0.3, 0.4) is 0 Å². The highest BCUT2D eigenvalue weighted by Crippen LogP contribution is 2.38. The molecule has 0 saturated carbocycles. The number of fused-ring (bicyclic) bond motifs is 1. The molecule has 0 radical (unpaired) electrons. The molecule has 0 unspecified atom stereocenters. The van der Waals surface area contributed by atoms with Gasteiger partial charge in [0.1, 0.15) is 12.8 Å². The molecule has 0 atom stereocenters. The van der Waals surface area contributed by atoms with E-state index < -0.39 is 5.91 Å². The number of carbonyl (C=O) groups is 4. The van der Waals surface area contributed by atoms with Crippen LogP contribution in [0, 0.1) is 6.92 Å². The van der Waals surface area contributed by atoms with Crippen LogP contribution in [0.15, 0.2) is 42.5 Å². The smallest absolute Gasteiger partial charge is 0.242 e. The normalized spacial score (nSPS) is 13.5. The zero-order valence-corrected chi connectivity index (χ0v) is 24.1. The van der Waals surface area contributed by atoms with E-state index in [4.69, 9.17) is 10.2 Å². The van der Waals surface area contributed by atoms with Crippen LogP contribution in [-0.2, 0) is 25.7 Å². The summed E-state index contributed by atoms with van der Waals surface area (Å²) in [4.78, 5) is 48.8. The van der Waals surface area contributed by atoms with Gasteiger partial charge in [0.15, 0.2) is 0 Å².